The molecule has 0 saturated heterocycles. The third kappa shape index (κ3) is 3.21. The summed E-state index contributed by atoms with van der Waals surface area (Å²) in [6, 6.07) is 21.8. The van der Waals surface area contributed by atoms with E-state index in [1.165, 1.54) is 6.40 Å². The summed E-state index contributed by atoms with van der Waals surface area (Å²) in [7, 11) is 0. The molecule has 0 bridgehead atoms. The molecular formula is C23H17ClN2O2. The number of benzene rings is 3. The Hall–Kier alpha value is -3.29. The number of allylic oxidation sites excluding steroid dienone is 1. The van der Waals surface area contributed by atoms with E-state index in [9.17, 15) is 5.26 Å². The van der Waals surface area contributed by atoms with E-state index in [-0.39, 0.29) is 11.8 Å². The minimum absolute atomic E-state index is 0.250. The van der Waals surface area contributed by atoms with Crippen molar-refractivity contribution in [1.29, 1.82) is 5.26 Å². The minimum atomic E-state index is -0.301. The molecule has 0 spiro atoms. The molecule has 0 unspecified atom stereocenters. The van der Waals surface area contributed by atoms with Crippen LogP contribution in [0.15, 0.2) is 77.1 Å². The Bertz CT molecular complexity index is 1130. The number of fused-ring (bicyclic) bond motifs is 3. The molecule has 1 aliphatic rings. The average molecular weight is 389 g/mol. The van der Waals surface area contributed by atoms with Crippen LogP contribution in [0, 0.1) is 11.3 Å². The SMILES string of the molecule is CCOC=NC1=C(C#N)[C@@H](c2ccc(Cl)cc2)c2ccc3ccccc3c2O1. The molecule has 4 rings (SSSR count). The zero-order valence-electron chi connectivity index (χ0n) is 15.2. The molecule has 0 saturated carbocycles. The summed E-state index contributed by atoms with van der Waals surface area (Å²) >= 11 is 6.07. The molecule has 3 aromatic rings. The number of halogens is 1. The molecule has 0 aromatic heterocycles. The van der Waals surface area contributed by atoms with Crippen molar-refractivity contribution in [1.82, 2.24) is 0 Å². The van der Waals surface area contributed by atoms with E-state index in [1.807, 2.05) is 67.6 Å². The molecule has 28 heavy (non-hydrogen) atoms. The van der Waals surface area contributed by atoms with Crippen LogP contribution < -0.4 is 4.74 Å². The molecule has 3 aromatic carbocycles. The van der Waals surface area contributed by atoms with Crippen LogP contribution in [-0.4, -0.2) is 13.0 Å². The number of nitrogens with zero attached hydrogens (tertiary/aromatic N) is 2. The molecule has 1 heterocycles. The summed E-state index contributed by atoms with van der Waals surface area (Å²) in [5.41, 5.74) is 2.30. The van der Waals surface area contributed by atoms with Crippen molar-refractivity contribution >= 4 is 28.8 Å². The molecule has 4 nitrogen and oxygen atoms in total. The molecule has 0 radical (unpaired) electrons. The van der Waals surface area contributed by atoms with Crippen molar-refractivity contribution < 1.29 is 9.47 Å². The molecule has 1 atom stereocenters. The second-order valence-corrected chi connectivity index (χ2v) is 6.75. The Morgan fingerprint density at radius 3 is 2.68 bits per heavy atom. The van der Waals surface area contributed by atoms with E-state index in [0.717, 1.165) is 21.9 Å². The summed E-state index contributed by atoms with van der Waals surface area (Å²) < 4.78 is 11.4. The van der Waals surface area contributed by atoms with Crippen LogP contribution in [0.3, 0.4) is 0 Å². The number of ether oxygens (including phenoxy) is 2. The Morgan fingerprint density at radius 2 is 1.93 bits per heavy atom. The van der Waals surface area contributed by atoms with E-state index in [4.69, 9.17) is 21.1 Å². The lowest BCUT2D eigenvalue weighted by atomic mass is 9.82. The summed E-state index contributed by atoms with van der Waals surface area (Å²) in [5, 5.41) is 12.6. The Labute approximate surface area is 168 Å². The van der Waals surface area contributed by atoms with Gasteiger partial charge in [0.15, 0.2) is 6.40 Å². The van der Waals surface area contributed by atoms with Gasteiger partial charge >= 0.3 is 0 Å². The van der Waals surface area contributed by atoms with Crippen molar-refractivity contribution in [3.05, 3.63) is 88.3 Å². The fourth-order valence-electron chi connectivity index (χ4n) is 3.40. The summed E-state index contributed by atoms with van der Waals surface area (Å²) in [6.45, 7) is 2.35. The van der Waals surface area contributed by atoms with Gasteiger partial charge in [-0.2, -0.15) is 10.3 Å². The highest BCUT2D eigenvalue weighted by molar-refractivity contribution is 6.30. The second kappa shape index (κ2) is 7.75. The zero-order chi connectivity index (χ0) is 19.5. The first kappa shape index (κ1) is 18.1. The topological polar surface area (TPSA) is 54.6 Å². The predicted molar refractivity (Wildman–Crippen MR) is 111 cm³/mol. The lowest BCUT2D eigenvalue weighted by Gasteiger charge is -2.27. The van der Waals surface area contributed by atoms with Crippen LogP contribution in [0.4, 0.5) is 0 Å². The van der Waals surface area contributed by atoms with Gasteiger partial charge in [0.25, 0.3) is 0 Å². The van der Waals surface area contributed by atoms with Crippen LogP contribution in [0.25, 0.3) is 10.8 Å². The normalized spacial score (nSPS) is 16.0. The Morgan fingerprint density at radius 1 is 1.14 bits per heavy atom. The summed E-state index contributed by atoms with van der Waals surface area (Å²) in [6.07, 6.45) is 1.32. The molecule has 138 valence electrons. The van der Waals surface area contributed by atoms with E-state index in [0.29, 0.717) is 23.0 Å². The number of hydrogen-bond acceptors (Lipinski definition) is 4. The highest BCUT2D eigenvalue weighted by Crippen LogP contribution is 2.46. The summed E-state index contributed by atoms with van der Waals surface area (Å²) in [5.74, 6) is 0.657. The summed E-state index contributed by atoms with van der Waals surface area (Å²) in [4.78, 5) is 4.29. The lowest BCUT2D eigenvalue weighted by molar-refractivity contribution is 0.336. The number of nitriles is 1. The van der Waals surface area contributed by atoms with E-state index >= 15 is 0 Å². The third-order valence-corrected chi connectivity index (χ3v) is 4.93. The Kier molecular flexibility index (Phi) is 5.01. The van der Waals surface area contributed by atoms with E-state index in [2.05, 4.69) is 11.1 Å². The van der Waals surface area contributed by atoms with Crippen LogP contribution in [0.1, 0.15) is 24.0 Å². The van der Waals surface area contributed by atoms with Gasteiger partial charge < -0.3 is 9.47 Å². The van der Waals surface area contributed by atoms with Crippen molar-refractivity contribution in [3.8, 4) is 11.8 Å². The van der Waals surface area contributed by atoms with Gasteiger partial charge in [0.05, 0.1) is 12.5 Å². The van der Waals surface area contributed by atoms with Crippen LogP contribution >= 0.6 is 11.6 Å². The van der Waals surface area contributed by atoms with Gasteiger partial charge in [-0.15, -0.1) is 0 Å². The lowest BCUT2D eigenvalue weighted by Crippen LogP contribution is -2.16. The van der Waals surface area contributed by atoms with Crippen molar-refractivity contribution in [2.75, 3.05) is 6.61 Å². The van der Waals surface area contributed by atoms with Gasteiger partial charge in [-0.3, -0.25) is 0 Å². The van der Waals surface area contributed by atoms with E-state index in [1.54, 1.807) is 0 Å². The molecule has 1 aliphatic heterocycles. The molecule has 0 amide bonds. The van der Waals surface area contributed by atoms with Gasteiger partial charge in [0.2, 0.25) is 5.88 Å². The molecule has 0 fully saturated rings. The first-order valence-electron chi connectivity index (χ1n) is 8.96. The zero-order valence-corrected chi connectivity index (χ0v) is 16.0. The fraction of sp³-hybridized carbons (Fsp3) is 0.130. The molecule has 0 aliphatic carbocycles. The van der Waals surface area contributed by atoms with Gasteiger partial charge in [0, 0.05) is 16.0 Å². The third-order valence-electron chi connectivity index (χ3n) is 4.67. The quantitative estimate of drug-likeness (QED) is 0.418. The number of aliphatic imine (C=N–C) groups is 1. The average Bonchev–Trinajstić information content (AvgIpc) is 2.73. The largest absolute Gasteiger partial charge is 0.483 e. The maximum atomic E-state index is 9.91. The maximum Gasteiger partial charge on any atom is 0.236 e. The maximum absolute atomic E-state index is 9.91. The van der Waals surface area contributed by atoms with Gasteiger partial charge in [-0.25, -0.2) is 0 Å². The highest BCUT2D eigenvalue weighted by Gasteiger charge is 2.32. The fourth-order valence-corrected chi connectivity index (χ4v) is 3.53. The van der Waals surface area contributed by atoms with Crippen molar-refractivity contribution in [3.63, 3.8) is 0 Å². The second-order valence-electron chi connectivity index (χ2n) is 6.31. The van der Waals surface area contributed by atoms with Crippen molar-refractivity contribution in [2.24, 2.45) is 4.99 Å². The predicted octanol–water partition coefficient (Wildman–Crippen LogP) is 5.82. The first-order chi connectivity index (χ1) is 13.7. The molecule has 5 heteroatoms. The monoisotopic (exact) mass is 388 g/mol. The molecule has 0 N–H and O–H groups in total. The van der Waals surface area contributed by atoms with Crippen molar-refractivity contribution in [2.45, 2.75) is 12.8 Å². The first-order valence-corrected chi connectivity index (χ1v) is 9.34. The Balaban J connectivity index is 1.96. The van der Waals surface area contributed by atoms with Gasteiger partial charge in [-0.05, 0) is 30.0 Å². The minimum Gasteiger partial charge on any atom is -0.483 e. The highest BCUT2D eigenvalue weighted by atomic mass is 35.5. The van der Waals surface area contributed by atoms with Crippen LogP contribution in [0.5, 0.6) is 5.75 Å². The standard InChI is InChI=1S/C23H17ClN2O2/c1-2-27-14-26-23-20(13-25)21(16-7-10-17(24)11-8-16)19-12-9-15-5-3-4-6-18(15)22(19)28-23/h3-12,14,21H,2H2,1H3/t21-/m0/s1. The smallest absolute Gasteiger partial charge is 0.236 e. The van der Waals surface area contributed by atoms with E-state index < -0.39 is 0 Å². The van der Waals surface area contributed by atoms with Gasteiger partial charge in [0.1, 0.15) is 17.4 Å². The molecular weight excluding hydrogens is 372 g/mol. The number of rotatable bonds is 4. The van der Waals surface area contributed by atoms with Gasteiger partial charge in [-0.1, -0.05) is 60.1 Å². The number of hydrogen-bond donors (Lipinski definition) is 0. The van der Waals surface area contributed by atoms with Crippen LogP contribution in [0.2, 0.25) is 5.02 Å². The van der Waals surface area contributed by atoms with Crippen LogP contribution in [-0.2, 0) is 4.74 Å².